The highest BCUT2D eigenvalue weighted by molar-refractivity contribution is 6.90. The van der Waals surface area contributed by atoms with Gasteiger partial charge >= 0.3 is 0 Å². The van der Waals surface area contributed by atoms with Crippen molar-refractivity contribution in [1.82, 2.24) is 0 Å². The molecule has 0 spiro atoms. The number of hydrogen-bond acceptors (Lipinski definition) is 0. The monoisotopic (exact) mass is 378 g/mol. The van der Waals surface area contributed by atoms with Gasteiger partial charge in [0.25, 0.3) is 0 Å². The van der Waals surface area contributed by atoms with Gasteiger partial charge in [0.2, 0.25) is 6.71 Å². The van der Waals surface area contributed by atoms with Gasteiger partial charge in [-0.15, -0.1) is 0 Å². The van der Waals surface area contributed by atoms with Crippen LogP contribution in [0.15, 0.2) is 0 Å². The molecular weight excluding hydrogens is 366 g/mol. The molecule has 0 aliphatic heterocycles. The lowest BCUT2D eigenvalue weighted by molar-refractivity contribution is 0.409. The number of benzene rings is 2. The summed E-state index contributed by atoms with van der Waals surface area (Å²) in [6.45, 7) is 2.15. The van der Waals surface area contributed by atoms with Crippen LogP contribution in [-0.2, 0) is 0 Å². The molecule has 0 aromatic heterocycles. The van der Waals surface area contributed by atoms with Crippen molar-refractivity contribution in [2.75, 3.05) is 0 Å². The van der Waals surface area contributed by atoms with Crippen LogP contribution < -0.4 is 16.4 Å². The Labute approximate surface area is 145 Å². The van der Waals surface area contributed by atoms with Crippen molar-refractivity contribution in [2.24, 2.45) is 0 Å². The Kier molecular flexibility index (Phi) is 5.44. The number of rotatable bonds is 3. The Morgan fingerprint density at radius 3 is 1.23 bits per heavy atom. The maximum Gasteiger partial charge on any atom is 0.214 e. The van der Waals surface area contributed by atoms with Crippen molar-refractivity contribution in [3.8, 4) is 0 Å². The Balaban J connectivity index is 2.91. The molecule has 0 radical (unpaired) electrons. The molecule has 0 N–H and O–H groups in total. The minimum Gasteiger partial charge on any atom is -0.204 e. The van der Waals surface area contributed by atoms with Crippen LogP contribution >= 0.6 is 0 Å². The van der Waals surface area contributed by atoms with Gasteiger partial charge in [0.15, 0.2) is 53.3 Å². The summed E-state index contributed by atoms with van der Waals surface area (Å²) in [4.78, 5) is 0. The summed E-state index contributed by atoms with van der Waals surface area (Å²) in [6.07, 6.45) is 0. The lowest BCUT2D eigenvalue weighted by atomic mass is 9.35. The van der Waals surface area contributed by atoms with Crippen LogP contribution in [0.2, 0.25) is 20.5 Å². The molecule has 0 aliphatic carbocycles. The molecule has 0 fully saturated rings. The van der Waals surface area contributed by atoms with Crippen molar-refractivity contribution in [3.63, 3.8) is 0 Å². The lowest BCUT2D eigenvalue weighted by Gasteiger charge is -2.21. The Hall–Kier alpha value is -1.99. The van der Waals surface area contributed by atoms with E-state index in [1.807, 2.05) is 0 Å². The molecular formula is C16H12B2F8. The molecule has 0 unspecified atom stereocenters. The van der Waals surface area contributed by atoms with Crippen LogP contribution in [0, 0.1) is 53.5 Å². The summed E-state index contributed by atoms with van der Waals surface area (Å²) < 4.78 is 111. The van der Waals surface area contributed by atoms with Crippen LogP contribution in [-0.4, -0.2) is 13.4 Å². The molecule has 2 aromatic carbocycles. The summed E-state index contributed by atoms with van der Waals surface area (Å²) in [7, 11) is 0. The van der Waals surface area contributed by atoms with E-state index >= 15 is 0 Å². The predicted octanol–water partition coefficient (Wildman–Crippen LogP) is 3.31. The molecule has 0 heterocycles. The highest BCUT2D eigenvalue weighted by Gasteiger charge is 2.35. The van der Waals surface area contributed by atoms with Crippen LogP contribution in [0.1, 0.15) is 5.56 Å². The van der Waals surface area contributed by atoms with Gasteiger partial charge in [-0.3, -0.25) is 0 Å². The molecule has 0 amide bonds. The Bertz CT molecular complexity index is 866. The summed E-state index contributed by atoms with van der Waals surface area (Å²) >= 11 is 0. The fourth-order valence-corrected chi connectivity index (χ4v) is 3.07. The zero-order valence-electron chi connectivity index (χ0n) is 14.2. The van der Waals surface area contributed by atoms with E-state index in [9.17, 15) is 35.1 Å². The quantitative estimate of drug-likeness (QED) is 0.333. The zero-order valence-corrected chi connectivity index (χ0v) is 14.2. The second-order valence-electron chi connectivity index (χ2n) is 6.25. The van der Waals surface area contributed by atoms with E-state index in [1.165, 1.54) is 13.6 Å². The third-order valence-corrected chi connectivity index (χ3v) is 4.33. The smallest absolute Gasteiger partial charge is 0.204 e. The summed E-state index contributed by atoms with van der Waals surface area (Å²) in [5.41, 5.74) is -2.89. The summed E-state index contributed by atoms with van der Waals surface area (Å²) in [5.74, 6) is -15.4. The lowest BCUT2D eigenvalue weighted by Crippen LogP contribution is -2.56. The molecule has 0 bridgehead atoms. The molecule has 0 aliphatic rings. The topological polar surface area (TPSA) is 0 Å². The maximum atomic E-state index is 14.4. The van der Waals surface area contributed by atoms with Gasteiger partial charge in [0.05, 0.1) is 0 Å². The molecule has 2 aromatic rings. The fraction of sp³-hybridized carbons (Fsp3) is 0.250. The average molecular weight is 378 g/mol. The van der Waals surface area contributed by atoms with Crippen molar-refractivity contribution in [1.29, 1.82) is 0 Å². The molecule has 26 heavy (non-hydrogen) atoms. The molecule has 2 rings (SSSR count). The van der Waals surface area contributed by atoms with Crippen LogP contribution in [0.5, 0.6) is 0 Å². The van der Waals surface area contributed by atoms with Crippen LogP contribution in [0.25, 0.3) is 0 Å². The highest BCUT2D eigenvalue weighted by atomic mass is 19.2. The number of halogens is 8. The van der Waals surface area contributed by atoms with Gasteiger partial charge in [0.1, 0.15) is 0 Å². The van der Waals surface area contributed by atoms with Crippen molar-refractivity contribution >= 4 is 29.8 Å². The zero-order chi connectivity index (χ0) is 20.1. The van der Waals surface area contributed by atoms with E-state index in [0.29, 0.717) is 0 Å². The van der Waals surface area contributed by atoms with Crippen molar-refractivity contribution in [3.05, 3.63) is 52.1 Å². The van der Waals surface area contributed by atoms with E-state index in [0.717, 1.165) is 13.7 Å². The maximum absolute atomic E-state index is 14.4. The Morgan fingerprint density at radius 2 is 0.808 bits per heavy atom. The van der Waals surface area contributed by atoms with Gasteiger partial charge < -0.3 is 0 Å². The van der Waals surface area contributed by atoms with E-state index < -0.39 is 81.9 Å². The third kappa shape index (κ3) is 2.89. The fourth-order valence-electron chi connectivity index (χ4n) is 3.07. The minimum atomic E-state index is -2.13. The van der Waals surface area contributed by atoms with Gasteiger partial charge in [-0.25, -0.2) is 35.1 Å². The molecule has 10 heteroatoms. The molecule has 0 saturated heterocycles. The van der Waals surface area contributed by atoms with E-state index in [2.05, 4.69) is 0 Å². The van der Waals surface area contributed by atoms with Crippen LogP contribution in [0.3, 0.4) is 0 Å². The first kappa shape index (κ1) is 20.3. The molecule has 138 valence electrons. The average Bonchev–Trinajstić information content (AvgIpc) is 2.58. The predicted molar refractivity (Wildman–Crippen MR) is 85.3 cm³/mol. The third-order valence-electron chi connectivity index (χ3n) is 4.33. The summed E-state index contributed by atoms with van der Waals surface area (Å²) in [5, 5.41) is 0. The molecule has 0 nitrogen and oxygen atoms in total. The first-order valence-corrected chi connectivity index (χ1v) is 7.61. The van der Waals surface area contributed by atoms with Crippen LogP contribution in [0.4, 0.5) is 35.1 Å². The van der Waals surface area contributed by atoms with Crippen molar-refractivity contribution < 1.29 is 35.1 Å². The number of hydrogen-bond donors (Lipinski definition) is 0. The summed E-state index contributed by atoms with van der Waals surface area (Å²) in [6, 6.07) is 0. The SMILES string of the molecule is CB(C)c1c(F)c(F)c(F)c(F)c1B(C)c1c(C)c(F)c(F)c(F)c1F. The highest BCUT2D eigenvalue weighted by Crippen LogP contribution is 2.19. The Morgan fingerprint density at radius 1 is 0.462 bits per heavy atom. The van der Waals surface area contributed by atoms with Crippen molar-refractivity contribution in [2.45, 2.75) is 27.4 Å². The van der Waals surface area contributed by atoms with E-state index in [4.69, 9.17) is 0 Å². The van der Waals surface area contributed by atoms with Gasteiger partial charge in [-0.1, -0.05) is 20.5 Å². The van der Waals surface area contributed by atoms with E-state index in [1.54, 1.807) is 0 Å². The largest absolute Gasteiger partial charge is 0.214 e. The second-order valence-corrected chi connectivity index (χ2v) is 6.25. The minimum absolute atomic E-state index is 0.599. The van der Waals surface area contributed by atoms with Gasteiger partial charge in [0, 0.05) is 0 Å². The molecule has 0 saturated carbocycles. The first-order valence-electron chi connectivity index (χ1n) is 7.61. The second kappa shape index (κ2) is 6.96. The van der Waals surface area contributed by atoms with E-state index in [-0.39, 0.29) is 0 Å². The first-order chi connectivity index (χ1) is 11.9. The normalized spacial score (nSPS) is 11.1. The van der Waals surface area contributed by atoms with Gasteiger partial charge in [-0.2, -0.15) is 0 Å². The molecule has 0 atom stereocenters. The standard InChI is InChI=1S/C16H12B2F8/c1-5-6(10(20)14(24)13(23)9(5)19)18(4)8-7(17(2)3)11(21)15(25)16(26)12(8)22/h1-4H3. The van der Waals surface area contributed by atoms with Gasteiger partial charge in [-0.05, 0) is 28.9 Å².